The molecule has 2 heterocycles. The molecular formula is C17H16ClN3. The molecule has 1 aliphatic carbocycles. The third-order valence-electron chi connectivity index (χ3n) is 4.27. The minimum absolute atomic E-state index is 0.565. The van der Waals surface area contributed by atoms with Crippen LogP contribution in [-0.2, 0) is 19.4 Å². The molecule has 4 heteroatoms. The molecule has 1 unspecified atom stereocenters. The number of hydrogen-bond acceptors (Lipinski definition) is 2. The summed E-state index contributed by atoms with van der Waals surface area (Å²) >= 11 is 5.93. The third kappa shape index (κ3) is 2.12. The lowest BCUT2D eigenvalue weighted by molar-refractivity contribution is 0.503. The number of fused-ring (bicyclic) bond motifs is 2. The second-order valence-corrected chi connectivity index (χ2v) is 5.90. The molecule has 0 N–H and O–H groups in total. The van der Waals surface area contributed by atoms with Gasteiger partial charge in [0.05, 0.1) is 0 Å². The molecule has 3 nitrogen and oxygen atoms in total. The highest BCUT2D eigenvalue weighted by Crippen LogP contribution is 2.36. The summed E-state index contributed by atoms with van der Waals surface area (Å²) in [7, 11) is 0. The molecule has 0 radical (unpaired) electrons. The van der Waals surface area contributed by atoms with Crippen molar-refractivity contribution >= 4 is 22.8 Å². The normalized spacial score (nSPS) is 16.7. The summed E-state index contributed by atoms with van der Waals surface area (Å²) in [4.78, 5) is 9.19. The Morgan fingerprint density at radius 3 is 2.95 bits per heavy atom. The van der Waals surface area contributed by atoms with Crippen LogP contribution in [0.3, 0.4) is 0 Å². The fourth-order valence-electron chi connectivity index (χ4n) is 3.22. The van der Waals surface area contributed by atoms with Crippen molar-refractivity contribution in [2.75, 3.05) is 5.88 Å². The molecule has 0 saturated heterocycles. The molecule has 4 rings (SSSR count). The Bertz CT molecular complexity index is 794. The van der Waals surface area contributed by atoms with Crippen LogP contribution in [0.15, 0.2) is 42.6 Å². The third-order valence-corrected chi connectivity index (χ3v) is 4.45. The Morgan fingerprint density at radius 2 is 2.10 bits per heavy atom. The first-order valence-corrected chi connectivity index (χ1v) is 7.84. The van der Waals surface area contributed by atoms with Gasteiger partial charge in [-0.1, -0.05) is 24.3 Å². The first-order valence-electron chi connectivity index (χ1n) is 7.30. The predicted octanol–water partition coefficient (Wildman–Crippen LogP) is 3.55. The van der Waals surface area contributed by atoms with Crippen molar-refractivity contribution in [1.29, 1.82) is 0 Å². The molecular weight excluding hydrogens is 282 g/mol. The van der Waals surface area contributed by atoms with Crippen LogP contribution >= 0.6 is 11.6 Å². The van der Waals surface area contributed by atoms with Crippen LogP contribution < -0.4 is 0 Å². The Balaban J connectivity index is 1.71. The molecule has 2 aromatic heterocycles. The second-order valence-electron chi connectivity index (χ2n) is 5.52. The quantitative estimate of drug-likeness (QED) is 0.690. The lowest BCUT2D eigenvalue weighted by Crippen LogP contribution is -2.23. The Kier molecular flexibility index (Phi) is 3.15. The summed E-state index contributed by atoms with van der Waals surface area (Å²) in [6.07, 6.45) is 3.76. The van der Waals surface area contributed by atoms with Crippen LogP contribution in [0.1, 0.15) is 22.9 Å². The van der Waals surface area contributed by atoms with E-state index in [9.17, 15) is 0 Å². The van der Waals surface area contributed by atoms with Gasteiger partial charge in [-0.25, -0.2) is 9.97 Å². The number of benzene rings is 1. The molecule has 1 atom stereocenters. The van der Waals surface area contributed by atoms with Crippen molar-refractivity contribution in [3.63, 3.8) is 0 Å². The zero-order chi connectivity index (χ0) is 14.2. The number of imidazole rings is 1. The summed E-state index contributed by atoms with van der Waals surface area (Å²) in [5.41, 5.74) is 4.87. The van der Waals surface area contributed by atoms with Gasteiger partial charge >= 0.3 is 0 Å². The van der Waals surface area contributed by atoms with E-state index in [1.165, 1.54) is 11.1 Å². The molecule has 0 saturated carbocycles. The Labute approximate surface area is 128 Å². The van der Waals surface area contributed by atoms with Crippen molar-refractivity contribution in [2.45, 2.75) is 25.3 Å². The van der Waals surface area contributed by atoms with E-state index < -0.39 is 0 Å². The highest BCUT2D eigenvalue weighted by atomic mass is 35.5. The smallest absolute Gasteiger partial charge is 0.160 e. The maximum Gasteiger partial charge on any atom is 0.160 e. The van der Waals surface area contributed by atoms with Gasteiger partial charge in [0.15, 0.2) is 5.65 Å². The summed E-state index contributed by atoms with van der Waals surface area (Å²) in [6, 6.07) is 12.6. The van der Waals surface area contributed by atoms with E-state index in [4.69, 9.17) is 11.6 Å². The summed E-state index contributed by atoms with van der Waals surface area (Å²) < 4.78 is 2.25. The molecule has 1 aromatic carbocycles. The summed E-state index contributed by atoms with van der Waals surface area (Å²) in [5.74, 6) is 2.20. The minimum atomic E-state index is 0.565. The molecule has 0 fully saturated rings. The molecule has 0 spiro atoms. The van der Waals surface area contributed by atoms with Crippen LogP contribution in [0.4, 0.5) is 0 Å². The highest BCUT2D eigenvalue weighted by molar-refractivity contribution is 6.17. The number of aryl methyl sites for hydroxylation is 1. The standard InChI is InChI=1S/C17H16ClN3/c18-8-7-16-20-15-6-3-9-19-17(15)21(16)11-13-10-12-4-1-2-5-14(12)13/h1-6,9,13H,7-8,10-11H2. The van der Waals surface area contributed by atoms with Crippen LogP contribution in [-0.4, -0.2) is 20.4 Å². The lowest BCUT2D eigenvalue weighted by Gasteiger charge is -2.30. The van der Waals surface area contributed by atoms with Crippen LogP contribution in [0.2, 0.25) is 0 Å². The number of aromatic nitrogens is 3. The van der Waals surface area contributed by atoms with Gasteiger partial charge in [0.25, 0.3) is 0 Å². The maximum atomic E-state index is 5.93. The highest BCUT2D eigenvalue weighted by Gasteiger charge is 2.27. The van der Waals surface area contributed by atoms with Gasteiger partial charge in [0.2, 0.25) is 0 Å². The largest absolute Gasteiger partial charge is 0.312 e. The van der Waals surface area contributed by atoms with E-state index in [0.717, 1.165) is 36.4 Å². The van der Waals surface area contributed by atoms with Gasteiger partial charge in [0.1, 0.15) is 11.3 Å². The van der Waals surface area contributed by atoms with Gasteiger partial charge < -0.3 is 4.57 Å². The number of alkyl halides is 1. The molecule has 3 aromatic rings. The van der Waals surface area contributed by atoms with E-state index in [-0.39, 0.29) is 0 Å². The van der Waals surface area contributed by atoms with E-state index in [1.54, 1.807) is 0 Å². The van der Waals surface area contributed by atoms with Crippen LogP contribution in [0.5, 0.6) is 0 Å². The molecule has 1 aliphatic rings. The number of nitrogens with zero attached hydrogens (tertiary/aromatic N) is 3. The van der Waals surface area contributed by atoms with E-state index in [1.807, 2.05) is 18.3 Å². The van der Waals surface area contributed by atoms with E-state index >= 15 is 0 Å². The van der Waals surface area contributed by atoms with Crippen molar-refractivity contribution in [3.8, 4) is 0 Å². The van der Waals surface area contributed by atoms with Crippen molar-refractivity contribution < 1.29 is 0 Å². The Morgan fingerprint density at radius 1 is 1.19 bits per heavy atom. The van der Waals surface area contributed by atoms with Gasteiger partial charge in [-0.15, -0.1) is 11.6 Å². The number of pyridine rings is 1. The lowest BCUT2D eigenvalue weighted by atomic mass is 9.77. The van der Waals surface area contributed by atoms with Gasteiger partial charge in [-0.3, -0.25) is 0 Å². The fraction of sp³-hybridized carbons (Fsp3) is 0.294. The molecule has 21 heavy (non-hydrogen) atoms. The van der Waals surface area contributed by atoms with Crippen LogP contribution in [0, 0.1) is 0 Å². The van der Waals surface area contributed by atoms with Gasteiger partial charge in [-0.05, 0) is 29.7 Å². The number of halogens is 1. The SMILES string of the molecule is ClCCc1nc2cccnc2n1CC1Cc2ccccc21. The zero-order valence-electron chi connectivity index (χ0n) is 11.7. The molecule has 106 valence electrons. The fourth-order valence-corrected chi connectivity index (χ4v) is 3.39. The average molecular weight is 298 g/mol. The monoisotopic (exact) mass is 297 g/mol. The van der Waals surface area contributed by atoms with Crippen molar-refractivity contribution in [2.24, 2.45) is 0 Å². The first-order chi connectivity index (χ1) is 10.4. The molecule has 0 bridgehead atoms. The van der Waals surface area contributed by atoms with Crippen molar-refractivity contribution in [1.82, 2.24) is 14.5 Å². The van der Waals surface area contributed by atoms with E-state index in [2.05, 4.69) is 38.8 Å². The van der Waals surface area contributed by atoms with Crippen LogP contribution in [0.25, 0.3) is 11.2 Å². The first kappa shape index (κ1) is 12.8. The van der Waals surface area contributed by atoms with Gasteiger partial charge in [0, 0.05) is 31.0 Å². The maximum absolute atomic E-state index is 5.93. The second kappa shape index (κ2) is 5.15. The Hall–Kier alpha value is -1.87. The topological polar surface area (TPSA) is 30.7 Å². The predicted molar refractivity (Wildman–Crippen MR) is 84.8 cm³/mol. The van der Waals surface area contributed by atoms with Crippen molar-refractivity contribution in [3.05, 3.63) is 59.5 Å². The number of rotatable bonds is 4. The average Bonchev–Trinajstić information content (AvgIpc) is 2.83. The molecule has 0 aliphatic heterocycles. The van der Waals surface area contributed by atoms with E-state index in [0.29, 0.717) is 11.8 Å². The number of hydrogen-bond donors (Lipinski definition) is 0. The van der Waals surface area contributed by atoms with Gasteiger partial charge in [-0.2, -0.15) is 0 Å². The summed E-state index contributed by atoms with van der Waals surface area (Å²) in [5, 5.41) is 0. The minimum Gasteiger partial charge on any atom is -0.312 e. The zero-order valence-corrected chi connectivity index (χ0v) is 12.4. The summed E-state index contributed by atoms with van der Waals surface area (Å²) in [6.45, 7) is 0.941. The molecule has 0 amide bonds.